The monoisotopic (exact) mass is 284 g/mol. The Hall–Kier alpha value is -2.58. The van der Waals surface area contributed by atoms with Crippen LogP contribution in [0.4, 0.5) is 5.69 Å². The van der Waals surface area contributed by atoms with E-state index in [0.717, 1.165) is 5.56 Å². The fraction of sp³-hybridized carbons (Fsp3) is 0.250. The minimum Gasteiger partial charge on any atom is -0.436 e. The summed E-state index contributed by atoms with van der Waals surface area (Å²) in [4.78, 5) is 16.3. The van der Waals surface area contributed by atoms with Crippen LogP contribution in [0.5, 0.6) is 0 Å². The van der Waals surface area contributed by atoms with E-state index in [0.29, 0.717) is 22.8 Å². The summed E-state index contributed by atoms with van der Waals surface area (Å²) in [5.74, 6) is 5.64. The van der Waals surface area contributed by atoms with Gasteiger partial charge in [-0.1, -0.05) is 17.9 Å². The van der Waals surface area contributed by atoms with Crippen molar-refractivity contribution in [2.75, 3.05) is 11.9 Å². The second-order valence-corrected chi connectivity index (χ2v) is 4.61. The maximum atomic E-state index is 12.2. The highest BCUT2D eigenvalue weighted by molar-refractivity contribution is 6.03. The summed E-state index contributed by atoms with van der Waals surface area (Å²) in [5, 5.41) is 11.6. The number of rotatable bonds is 2. The molecule has 21 heavy (non-hydrogen) atoms. The largest absolute Gasteiger partial charge is 0.436 e. The molecule has 2 rings (SSSR count). The van der Waals surface area contributed by atoms with Gasteiger partial charge in [-0.15, -0.1) is 0 Å². The highest BCUT2D eigenvalue weighted by Gasteiger charge is 2.17. The Morgan fingerprint density at radius 1 is 1.38 bits per heavy atom. The van der Waals surface area contributed by atoms with Crippen LogP contribution in [0.2, 0.25) is 0 Å². The molecule has 0 atom stereocenters. The van der Waals surface area contributed by atoms with Gasteiger partial charge in [0.25, 0.3) is 5.91 Å². The molecule has 0 aliphatic rings. The van der Waals surface area contributed by atoms with Crippen LogP contribution < -0.4 is 5.32 Å². The van der Waals surface area contributed by atoms with Gasteiger partial charge in [-0.3, -0.25) is 4.79 Å². The van der Waals surface area contributed by atoms with E-state index in [2.05, 4.69) is 22.1 Å². The van der Waals surface area contributed by atoms with Crippen LogP contribution in [0.3, 0.4) is 0 Å². The molecule has 1 amide bonds. The zero-order chi connectivity index (χ0) is 15.4. The highest BCUT2D eigenvalue weighted by atomic mass is 16.4. The summed E-state index contributed by atoms with van der Waals surface area (Å²) >= 11 is 0. The average Bonchev–Trinajstić information content (AvgIpc) is 2.77. The lowest BCUT2D eigenvalue weighted by Crippen LogP contribution is -2.13. The molecule has 0 aliphatic heterocycles. The number of hydrogen-bond donors (Lipinski definition) is 2. The number of hydrogen-bond acceptors (Lipinski definition) is 4. The number of aliphatic hydroxyl groups excluding tert-OH is 1. The predicted molar refractivity (Wildman–Crippen MR) is 79.1 cm³/mol. The molecule has 2 N–H and O–H groups in total. The number of aryl methyl sites for hydroxylation is 3. The van der Waals surface area contributed by atoms with Crippen LogP contribution >= 0.6 is 0 Å². The van der Waals surface area contributed by atoms with E-state index in [-0.39, 0.29) is 18.3 Å². The normalized spacial score (nSPS) is 9.90. The van der Waals surface area contributed by atoms with Crippen molar-refractivity contribution in [3.05, 3.63) is 46.7 Å². The van der Waals surface area contributed by atoms with Gasteiger partial charge >= 0.3 is 0 Å². The molecule has 0 fully saturated rings. The lowest BCUT2D eigenvalue weighted by atomic mass is 10.1. The molecule has 0 radical (unpaired) electrons. The molecule has 0 saturated carbocycles. The lowest BCUT2D eigenvalue weighted by Gasteiger charge is -2.07. The van der Waals surface area contributed by atoms with Crippen molar-refractivity contribution in [2.45, 2.75) is 20.8 Å². The van der Waals surface area contributed by atoms with Gasteiger partial charge < -0.3 is 14.8 Å². The third kappa shape index (κ3) is 3.50. The molecule has 108 valence electrons. The number of anilines is 1. The van der Waals surface area contributed by atoms with Crippen LogP contribution in [0.1, 0.15) is 33.3 Å². The van der Waals surface area contributed by atoms with Crippen molar-refractivity contribution in [3.8, 4) is 11.8 Å². The number of amides is 1. The van der Waals surface area contributed by atoms with Crippen LogP contribution in [-0.4, -0.2) is 22.6 Å². The van der Waals surface area contributed by atoms with E-state index in [1.54, 1.807) is 19.9 Å². The van der Waals surface area contributed by atoms with Gasteiger partial charge in [0, 0.05) is 12.5 Å². The maximum Gasteiger partial charge on any atom is 0.293 e. The van der Waals surface area contributed by atoms with Gasteiger partial charge in [-0.2, -0.15) is 0 Å². The number of aliphatic hydroxyl groups is 1. The number of carbonyl (C=O) groups excluding carboxylic acids is 1. The Balaban J connectivity index is 2.32. The number of aromatic nitrogens is 1. The van der Waals surface area contributed by atoms with E-state index in [1.165, 1.54) is 0 Å². The van der Waals surface area contributed by atoms with E-state index < -0.39 is 0 Å². The fourth-order valence-electron chi connectivity index (χ4n) is 1.93. The molecular formula is C16H16N2O3. The lowest BCUT2D eigenvalue weighted by molar-refractivity contribution is 0.0994. The van der Waals surface area contributed by atoms with Crippen molar-refractivity contribution in [1.29, 1.82) is 0 Å². The number of carbonyl (C=O) groups is 1. The second kappa shape index (κ2) is 6.25. The molecule has 0 spiro atoms. The molecule has 1 aromatic carbocycles. The first-order valence-corrected chi connectivity index (χ1v) is 6.47. The molecule has 2 aromatic rings. The SMILES string of the molecule is Cc1ccc(C#CCO)c(NC(=O)c2oc(C)nc2C)c1. The molecule has 0 unspecified atom stereocenters. The van der Waals surface area contributed by atoms with Gasteiger partial charge in [0.2, 0.25) is 5.76 Å². The average molecular weight is 284 g/mol. The van der Waals surface area contributed by atoms with Crippen molar-refractivity contribution < 1.29 is 14.3 Å². The zero-order valence-corrected chi connectivity index (χ0v) is 12.2. The van der Waals surface area contributed by atoms with Crippen molar-refractivity contribution in [2.24, 2.45) is 0 Å². The van der Waals surface area contributed by atoms with Gasteiger partial charge in [0.15, 0.2) is 5.89 Å². The summed E-state index contributed by atoms with van der Waals surface area (Å²) in [6.07, 6.45) is 0. The number of nitrogens with zero attached hydrogens (tertiary/aromatic N) is 1. The van der Waals surface area contributed by atoms with E-state index in [4.69, 9.17) is 9.52 Å². The van der Waals surface area contributed by atoms with Gasteiger partial charge in [0.05, 0.1) is 11.4 Å². The third-order valence-corrected chi connectivity index (χ3v) is 2.84. The smallest absolute Gasteiger partial charge is 0.293 e. The first kappa shape index (κ1) is 14.8. The summed E-state index contributed by atoms with van der Waals surface area (Å²) < 4.78 is 5.30. The Bertz CT molecular complexity index is 736. The van der Waals surface area contributed by atoms with E-state index >= 15 is 0 Å². The minimum atomic E-state index is -0.370. The maximum absolute atomic E-state index is 12.2. The first-order chi connectivity index (χ1) is 10.0. The Morgan fingerprint density at radius 3 is 2.76 bits per heavy atom. The van der Waals surface area contributed by atoms with Crippen molar-refractivity contribution in [1.82, 2.24) is 4.98 Å². The molecule has 0 aliphatic carbocycles. The topological polar surface area (TPSA) is 75.4 Å². The molecule has 0 bridgehead atoms. The summed E-state index contributed by atoms with van der Waals surface area (Å²) in [6.45, 7) is 5.09. The molecule has 0 saturated heterocycles. The Labute approximate surface area is 123 Å². The molecule has 5 heteroatoms. The van der Waals surface area contributed by atoms with Crippen molar-refractivity contribution in [3.63, 3.8) is 0 Å². The predicted octanol–water partition coefficient (Wildman–Crippen LogP) is 2.20. The number of oxazole rings is 1. The van der Waals surface area contributed by atoms with E-state index in [1.807, 2.05) is 19.1 Å². The summed E-state index contributed by atoms with van der Waals surface area (Å²) in [5.41, 5.74) is 2.75. The molecule has 1 aromatic heterocycles. The highest BCUT2D eigenvalue weighted by Crippen LogP contribution is 2.19. The van der Waals surface area contributed by atoms with Crippen molar-refractivity contribution >= 4 is 11.6 Å². The van der Waals surface area contributed by atoms with Crippen LogP contribution in [0.25, 0.3) is 0 Å². The number of nitrogens with one attached hydrogen (secondary N) is 1. The first-order valence-electron chi connectivity index (χ1n) is 6.47. The Morgan fingerprint density at radius 2 is 2.14 bits per heavy atom. The Kier molecular flexibility index (Phi) is 4.41. The van der Waals surface area contributed by atoms with Crippen LogP contribution in [0.15, 0.2) is 22.6 Å². The standard InChI is InChI=1S/C16H16N2O3/c1-10-6-7-13(5-4-8-19)14(9-10)18-16(20)15-11(2)17-12(3)21-15/h6-7,9,19H,8H2,1-3H3,(H,18,20). The van der Waals surface area contributed by atoms with Crippen LogP contribution in [0, 0.1) is 32.6 Å². The third-order valence-electron chi connectivity index (χ3n) is 2.84. The minimum absolute atomic E-state index is 0.190. The second-order valence-electron chi connectivity index (χ2n) is 4.61. The molecule has 5 nitrogen and oxygen atoms in total. The number of benzene rings is 1. The quantitative estimate of drug-likeness (QED) is 0.829. The van der Waals surface area contributed by atoms with Crippen LogP contribution in [-0.2, 0) is 0 Å². The summed E-state index contributed by atoms with van der Waals surface area (Å²) in [7, 11) is 0. The van der Waals surface area contributed by atoms with Gasteiger partial charge in [-0.25, -0.2) is 4.98 Å². The van der Waals surface area contributed by atoms with Gasteiger partial charge in [-0.05, 0) is 31.5 Å². The molecule has 1 heterocycles. The van der Waals surface area contributed by atoms with E-state index in [9.17, 15) is 4.79 Å². The fourth-order valence-corrected chi connectivity index (χ4v) is 1.93. The zero-order valence-electron chi connectivity index (χ0n) is 12.2. The summed E-state index contributed by atoms with van der Waals surface area (Å²) in [6, 6.07) is 5.50. The van der Waals surface area contributed by atoms with Gasteiger partial charge in [0.1, 0.15) is 6.61 Å². The molecular weight excluding hydrogens is 268 g/mol.